The predicted octanol–water partition coefficient (Wildman–Crippen LogP) is 6.02. The smallest absolute Gasteiger partial charge is 0.263 e. The number of hydrogen-bond acceptors (Lipinski definition) is 6. The fourth-order valence-electron chi connectivity index (χ4n) is 6.93. The lowest BCUT2D eigenvalue weighted by Crippen LogP contribution is -2.58. The minimum atomic E-state index is -0.404. The zero-order valence-electron chi connectivity index (χ0n) is 23.9. The lowest BCUT2D eigenvalue weighted by molar-refractivity contribution is -0.142. The van der Waals surface area contributed by atoms with Gasteiger partial charge in [-0.1, -0.05) is 61.3 Å². The number of aliphatic imine (C=N–C) groups is 1. The second-order valence-electron chi connectivity index (χ2n) is 12.4. The topological polar surface area (TPSA) is 68.2 Å². The molecule has 1 spiro atoms. The van der Waals surface area contributed by atoms with Crippen LogP contribution in [0.1, 0.15) is 62.7 Å². The Morgan fingerprint density at radius 2 is 1.67 bits per heavy atom. The van der Waals surface area contributed by atoms with Crippen molar-refractivity contribution in [2.75, 3.05) is 26.2 Å². The molecule has 1 aliphatic carbocycles. The van der Waals surface area contributed by atoms with Crippen molar-refractivity contribution in [3.05, 3.63) is 80.3 Å². The van der Waals surface area contributed by atoms with Crippen LogP contribution < -0.4 is 5.32 Å². The molecule has 4 aliphatic heterocycles. The van der Waals surface area contributed by atoms with Crippen molar-refractivity contribution in [3.8, 4) is 0 Å². The molecule has 2 saturated heterocycles. The molecule has 1 saturated carbocycles. The minimum absolute atomic E-state index is 0.0502. The third kappa shape index (κ3) is 4.94. The molecule has 4 heterocycles. The van der Waals surface area contributed by atoms with Gasteiger partial charge in [0.2, 0.25) is 5.91 Å². The normalized spacial score (nSPS) is 26.4. The number of hydrogen-bond donors (Lipinski definition) is 1. The van der Waals surface area contributed by atoms with E-state index in [0.29, 0.717) is 34.5 Å². The zero-order chi connectivity index (χ0) is 29.2. The van der Waals surface area contributed by atoms with Crippen LogP contribution in [-0.4, -0.2) is 69.4 Å². The van der Waals surface area contributed by atoms with E-state index >= 15 is 0 Å². The van der Waals surface area contributed by atoms with Crippen LogP contribution in [0.3, 0.4) is 0 Å². The Bertz CT molecular complexity index is 1470. The summed E-state index contributed by atoms with van der Waals surface area (Å²) in [6.45, 7) is 7.13. The van der Waals surface area contributed by atoms with E-state index in [2.05, 4.69) is 24.1 Å². The van der Waals surface area contributed by atoms with Gasteiger partial charge in [0.15, 0.2) is 5.17 Å². The molecular formula is C32H35Cl2N5O2S. The molecule has 7 rings (SSSR count). The van der Waals surface area contributed by atoms with Gasteiger partial charge in [0.25, 0.3) is 5.91 Å². The van der Waals surface area contributed by atoms with Crippen LogP contribution in [0.4, 0.5) is 0 Å². The quantitative estimate of drug-likeness (QED) is 0.441. The number of fused-ring (bicyclic) bond motifs is 1. The molecular weight excluding hydrogens is 589 g/mol. The highest BCUT2D eigenvalue weighted by Crippen LogP contribution is 2.54. The summed E-state index contributed by atoms with van der Waals surface area (Å²) >= 11 is 14.0. The largest absolute Gasteiger partial charge is 0.338 e. The number of rotatable bonds is 5. The van der Waals surface area contributed by atoms with Gasteiger partial charge in [-0.2, -0.15) is 0 Å². The van der Waals surface area contributed by atoms with Gasteiger partial charge in [0.05, 0.1) is 6.04 Å². The standard InChI is InChI=1S/C32H35Cl2N5O2S/c1-19(2)26-28(30(41)38-16-3-4-24(38)29(40)37-17-15-35-32(18-37)13-14-32)42-31-36-25(20-5-9-22(33)10-6-20)27(39(26)31)21-7-11-23(34)12-8-21/h5-12,19,24-25,27,35H,3-4,13-18H2,1-2H3/t24-,25-,27+/m0/s1. The summed E-state index contributed by atoms with van der Waals surface area (Å²) in [5, 5.41) is 5.76. The number of carbonyl (C=O) groups is 2. The molecule has 220 valence electrons. The molecule has 10 heteroatoms. The molecule has 0 aromatic heterocycles. The van der Waals surface area contributed by atoms with E-state index in [-0.39, 0.29) is 35.4 Å². The Hall–Kier alpha value is -2.52. The van der Waals surface area contributed by atoms with E-state index in [1.54, 1.807) is 0 Å². The van der Waals surface area contributed by atoms with Crippen molar-refractivity contribution in [2.45, 2.75) is 63.2 Å². The molecule has 0 unspecified atom stereocenters. The van der Waals surface area contributed by atoms with Crippen molar-refractivity contribution in [2.24, 2.45) is 10.9 Å². The Balaban J connectivity index is 1.21. The summed E-state index contributed by atoms with van der Waals surface area (Å²) in [5.74, 6) is 0.122. The van der Waals surface area contributed by atoms with Gasteiger partial charge in [-0.15, -0.1) is 0 Å². The number of carbonyl (C=O) groups excluding carboxylic acids is 2. The van der Waals surface area contributed by atoms with Crippen LogP contribution in [0, 0.1) is 5.92 Å². The molecule has 2 aromatic carbocycles. The zero-order valence-corrected chi connectivity index (χ0v) is 26.2. The summed E-state index contributed by atoms with van der Waals surface area (Å²) in [4.78, 5) is 40.1. The van der Waals surface area contributed by atoms with E-state index in [0.717, 1.165) is 54.3 Å². The van der Waals surface area contributed by atoms with Crippen LogP contribution >= 0.6 is 35.0 Å². The number of benzene rings is 2. The second-order valence-corrected chi connectivity index (χ2v) is 14.2. The van der Waals surface area contributed by atoms with Gasteiger partial charge in [-0.3, -0.25) is 14.6 Å². The first-order chi connectivity index (χ1) is 20.2. The lowest BCUT2D eigenvalue weighted by atomic mass is 9.92. The maximum absolute atomic E-state index is 14.4. The molecule has 2 amide bonds. The predicted molar refractivity (Wildman–Crippen MR) is 168 cm³/mol. The van der Waals surface area contributed by atoms with E-state index in [4.69, 9.17) is 28.2 Å². The fraction of sp³-hybridized carbons (Fsp3) is 0.469. The number of nitrogens with one attached hydrogen (secondary N) is 1. The average molecular weight is 625 g/mol. The molecule has 3 atom stereocenters. The summed E-state index contributed by atoms with van der Waals surface area (Å²) in [5.41, 5.74) is 3.22. The Morgan fingerprint density at radius 1 is 1.00 bits per heavy atom. The number of amidine groups is 1. The van der Waals surface area contributed by atoms with Gasteiger partial charge >= 0.3 is 0 Å². The van der Waals surface area contributed by atoms with Gasteiger partial charge in [-0.25, -0.2) is 0 Å². The van der Waals surface area contributed by atoms with E-state index in [1.807, 2.05) is 58.3 Å². The monoisotopic (exact) mass is 623 g/mol. The third-order valence-electron chi connectivity index (χ3n) is 9.22. The van der Waals surface area contributed by atoms with Crippen molar-refractivity contribution < 1.29 is 9.59 Å². The Labute approximate surface area is 261 Å². The summed E-state index contributed by atoms with van der Waals surface area (Å²) in [6, 6.07) is 15.1. The van der Waals surface area contributed by atoms with Crippen LogP contribution in [0.25, 0.3) is 0 Å². The number of halogens is 2. The number of thioether (sulfide) groups is 1. The highest BCUT2D eigenvalue weighted by molar-refractivity contribution is 8.18. The molecule has 42 heavy (non-hydrogen) atoms. The van der Waals surface area contributed by atoms with Crippen LogP contribution in [0.5, 0.6) is 0 Å². The SMILES string of the molecule is CC(C)C1=C(C(=O)N2CCC[C@H]2C(=O)N2CCNC3(CC3)C2)SC2=N[C@@H](c3ccc(Cl)cc3)[C@@H](c3ccc(Cl)cc3)N21. The summed E-state index contributed by atoms with van der Waals surface area (Å²) in [7, 11) is 0. The first kappa shape index (κ1) is 28.3. The molecule has 7 nitrogen and oxygen atoms in total. The van der Waals surface area contributed by atoms with Crippen molar-refractivity contribution in [1.29, 1.82) is 0 Å². The van der Waals surface area contributed by atoms with E-state index < -0.39 is 6.04 Å². The second kappa shape index (κ2) is 10.9. The molecule has 3 fully saturated rings. The molecule has 0 bridgehead atoms. The van der Waals surface area contributed by atoms with Crippen molar-refractivity contribution >= 4 is 51.9 Å². The fourth-order valence-corrected chi connectivity index (χ4v) is 8.49. The van der Waals surface area contributed by atoms with E-state index in [1.165, 1.54) is 11.8 Å². The van der Waals surface area contributed by atoms with Gasteiger partial charge in [-0.05, 0) is 78.8 Å². The minimum Gasteiger partial charge on any atom is -0.338 e. The number of allylic oxidation sites excluding steroid dienone is 1. The lowest BCUT2D eigenvalue weighted by Gasteiger charge is -2.37. The van der Waals surface area contributed by atoms with Gasteiger partial charge < -0.3 is 20.0 Å². The Morgan fingerprint density at radius 3 is 2.31 bits per heavy atom. The number of nitrogens with zero attached hydrogens (tertiary/aromatic N) is 4. The van der Waals surface area contributed by atoms with Crippen molar-refractivity contribution in [3.63, 3.8) is 0 Å². The van der Waals surface area contributed by atoms with Crippen LogP contribution in [0.2, 0.25) is 10.0 Å². The van der Waals surface area contributed by atoms with Gasteiger partial charge in [0, 0.05) is 47.5 Å². The van der Waals surface area contributed by atoms with Crippen LogP contribution in [-0.2, 0) is 9.59 Å². The highest BCUT2D eigenvalue weighted by atomic mass is 35.5. The van der Waals surface area contributed by atoms with Gasteiger partial charge in [0.1, 0.15) is 17.0 Å². The summed E-state index contributed by atoms with van der Waals surface area (Å²) < 4.78 is 0. The number of piperazine rings is 1. The molecule has 2 aromatic rings. The van der Waals surface area contributed by atoms with Crippen LogP contribution in [0.15, 0.2) is 64.1 Å². The Kier molecular flexibility index (Phi) is 7.32. The summed E-state index contributed by atoms with van der Waals surface area (Å²) in [6.07, 6.45) is 3.79. The average Bonchev–Trinajstić information content (AvgIpc) is 3.33. The maximum Gasteiger partial charge on any atom is 0.263 e. The van der Waals surface area contributed by atoms with Crippen molar-refractivity contribution in [1.82, 2.24) is 20.0 Å². The number of amides is 2. The first-order valence-corrected chi connectivity index (χ1v) is 16.5. The number of likely N-dealkylation sites (tertiary alicyclic amines) is 1. The first-order valence-electron chi connectivity index (χ1n) is 14.9. The maximum atomic E-state index is 14.4. The molecule has 5 aliphatic rings. The molecule has 1 N–H and O–H groups in total. The third-order valence-corrected chi connectivity index (χ3v) is 10.8. The highest BCUT2D eigenvalue weighted by Gasteiger charge is 2.51. The molecule has 0 radical (unpaired) electrons. The van der Waals surface area contributed by atoms with E-state index in [9.17, 15) is 9.59 Å².